The van der Waals surface area contributed by atoms with Crippen molar-refractivity contribution in [3.63, 3.8) is 0 Å². The summed E-state index contributed by atoms with van der Waals surface area (Å²) in [7, 11) is 0. The summed E-state index contributed by atoms with van der Waals surface area (Å²) in [6.45, 7) is 4.53. The van der Waals surface area contributed by atoms with Crippen molar-refractivity contribution in [3.8, 4) is 5.75 Å². The van der Waals surface area contributed by atoms with Gasteiger partial charge in [0.25, 0.3) is 0 Å². The molecule has 9 heteroatoms. The first kappa shape index (κ1) is 20.8. The third-order valence-corrected chi connectivity index (χ3v) is 5.73. The Bertz CT molecular complexity index is 909. The number of carbonyl (C=O) groups is 3. The van der Waals surface area contributed by atoms with E-state index in [9.17, 15) is 19.5 Å². The first-order chi connectivity index (χ1) is 13.9. The van der Waals surface area contributed by atoms with Crippen molar-refractivity contribution < 1.29 is 24.2 Å². The Hall–Kier alpha value is -2.94. The molecular weight excluding hydrogens is 394 g/mol. The maximum absolute atomic E-state index is 12.6. The molecule has 1 unspecified atom stereocenters. The fourth-order valence-electron chi connectivity index (χ4n) is 3.13. The molecule has 2 N–H and O–H groups in total. The van der Waals surface area contributed by atoms with Crippen LogP contribution >= 0.6 is 11.3 Å². The Kier molecular flexibility index (Phi) is 6.48. The smallest absolute Gasteiger partial charge is 0.350 e. The van der Waals surface area contributed by atoms with Gasteiger partial charge in [-0.1, -0.05) is 23.5 Å². The van der Waals surface area contributed by atoms with Crippen LogP contribution in [0.4, 0.5) is 5.13 Å². The monoisotopic (exact) mass is 417 g/mol. The van der Waals surface area contributed by atoms with Crippen LogP contribution in [0.2, 0.25) is 0 Å². The molecule has 1 aliphatic heterocycles. The summed E-state index contributed by atoms with van der Waals surface area (Å²) in [6, 6.07) is 6.84. The van der Waals surface area contributed by atoms with E-state index in [1.165, 1.54) is 0 Å². The topological polar surface area (TPSA) is 109 Å². The Labute approximate surface area is 172 Å². The van der Waals surface area contributed by atoms with Crippen LogP contribution in [0.5, 0.6) is 5.75 Å². The second-order valence-corrected chi connectivity index (χ2v) is 7.80. The summed E-state index contributed by atoms with van der Waals surface area (Å²) in [5, 5.41) is 12.4. The molecule has 1 aliphatic rings. The number of hydrogen-bond acceptors (Lipinski definition) is 7. The first-order valence-electron chi connectivity index (χ1n) is 9.38. The van der Waals surface area contributed by atoms with Crippen LogP contribution in [0.25, 0.3) is 0 Å². The Morgan fingerprint density at radius 2 is 2.07 bits per heavy atom. The minimum absolute atomic E-state index is 0.0635. The van der Waals surface area contributed by atoms with Crippen LogP contribution < -0.4 is 5.32 Å². The van der Waals surface area contributed by atoms with Crippen LogP contribution in [-0.4, -0.2) is 52.5 Å². The Morgan fingerprint density at radius 1 is 1.34 bits per heavy atom. The SMILES string of the molecule is CCOC(=O)c1sc(NC(=O)C2CC(=O)N(CCc3ccc(O)cc3)C2)nc1C. The van der Waals surface area contributed by atoms with Gasteiger partial charge in [0.2, 0.25) is 11.8 Å². The van der Waals surface area contributed by atoms with Crippen molar-refractivity contribution in [3.05, 3.63) is 40.4 Å². The molecule has 29 heavy (non-hydrogen) atoms. The molecule has 1 aromatic carbocycles. The highest BCUT2D eigenvalue weighted by Gasteiger charge is 2.34. The van der Waals surface area contributed by atoms with Crippen LogP contribution in [0.1, 0.15) is 34.3 Å². The van der Waals surface area contributed by atoms with Crippen molar-refractivity contribution in [2.75, 3.05) is 25.0 Å². The predicted molar refractivity (Wildman–Crippen MR) is 108 cm³/mol. The van der Waals surface area contributed by atoms with Crippen molar-refractivity contribution >= 4 is 34.3 Å². The van der Waals surface area contributed by atoms with Crippen LogP contribution in [0.15, 0.2) is 24.3 Å². The van der Waals surface area contributed by atoms with Gasteiger partial charge in [-0.25, -0.2) is 9.78 Å². The molecule has 2 amide bonds. The van der Waals surface area contributed by atoms with Gasteiger partial charge in [-0.3, -0.25) is 9.59 Å². The third kappa shape index (κ3) is 5.11. The Balaban J connectivity index is 1.55. The third-order valence-electron chi connectivity index (χ3n) is 4.68. The number of phenolic OH excluding ortho intramolecular Hbond substituents is 1. The maximum atomic E-state index is 12.6. The fourth-order valence-corrected chi connectivity index (χ4v) is 4.00. The molecule has 0 radical (unpaired) electrons. The number of likely N-dealkylation sites (tertiary alicyclic amines) is 1. The lowest BCUT2D eigenvalue weighted by Gasteiger charge is -2.16. The number of benzene rings is 1. The van der Waals surface area contributed by atoms with Gasteiger partial charge < -0.3 is 20.1 Å². The van der Waals surface area contributed by atoms with Crippen molar-refractivity contribution in [2.45, 2.75) is 26.7 Å². The van der Waals surface area contributed by atoms with E-state index in [1.807, 2.05) is 12.1 Å². The number of amides is 2. The fraction of sp³-hybridized carbons (Fsp3) is 0.400. The molecule has 1 atom stereocenters. The molecule has 0 saturated carbocycles. The number of anilines is 1. The molecule has 2 heterocycles. The maximum Gasteiger partial charge on any atom is 0.350 e. The zero-order valence-corrected chi connectivity index (χ0v) is 17.1. The molecule has 2 aromatic rings. The quantitative estimate of drug-likeness (QED) is 0.670. The van der Waals surface area contributed by atoms with Gasteiger partial charge in [-0.05, 0) is 38.0 Å². The molecule has 1 saturated heterocycles. The van der Waals surface area contributed by atoms with E-state index in [0.717, 1.165) is 16.9 Å². The number of nitrogens with zero attached hydrogens (tertiary/aromatic N) is 2. The van der Waals surface area contributed by atoms with Gasteiger partial charge in [0.15, 0.2) is 5.13 Å². The number of aryl methyl sites for hydroxylation is 1. The number of rotatable bonds is 7. The summed E-state index contributed by atoms with van der Waals surface area (Å²) in [5.74, 6) is -1.07. The van der Waals surface area contributed by atoms with Crippen LogP contribution in [0.3, 0.4) is 0 Å². The molecule has 0 spiro atoms. The number of ether oxygens (including phenoxy) is 1. The van der Waals surface area contributed by atoms with E-state index in [0.29, 0.717) is 35.2 Å². The molecule has 8 nitrogen and oxygen atoms in total. The largest absolute Gasteiger partial charge is 0.508 e. The van der Waals surface area contributed by atoms with E-state index in [2.05, 4.69) is 10.3 Å². The highest BCUT2D eigenvalue weighted by Crippen LogP contribution is 2.26. The summed E-state index contributed by atoms with van der Waals surface area (Å²) in [6.07, 6.45) is 0.797. The lowest BCUT2D eigenvalue weighted by molar-refractivity contribution is -0.128. The average Bonchev–Trinajstić information content (AvgIpc) is 3.24. The molecule has 3 rings (SSSR count). The lowest BCUT2D eigenvalue weighted by Crippen LogP contribution is -2.30. The predicted octanol–water partition coefficient (Wildman–Crippen LogP) is 2.36. The van der Waals surface area contributed by atoms with Gasteiger partial charge in [0.1, 0.15) is 10.6 Å². The van der Waals surface area contributed by atoms with Gasteiger partial charge in [-0.15, -0.1) is 0 Å². The molecular formula is C20H23N3O5S. The van der Waals surface area contributed by atoms with Gasteiger partial charge in [0, 0.05) is 19.5 Å². The minimum Gasteiger partial charge on any atom is -0.508 e. The number of aromatic hydroxyl groups is 1. The normalized spacial score (nSPS) is 16.1. The zero-order chi connectivity index (χ0) is 21.0. The minimum atomic E-state index is -0.461. The number of esters is 1. The van der Waals surface area contributed by atoms with Gasteiger partial charge in [0.05, 0.1) is 18.2 Å². The highest BCUT2D eigenvalue weighted by atomic mass is 32.1. The van der Waals surface area contributed by atoms with Gasteiger partial charge in [-0.2, -0.15) is 0 Å². The van der Waals surface area contributed by atoms with E-state index in [-0.39, 0.29) is 30.6 Å². The first-order valence-corrected chi connectivity index (χ1v) is 10.2. The molecule has 0 aliphatic carbocycles. The van der Waals surface area contributed by atoms with Crippen molar-refractivity contribution in [1.82, 2.24) is 9.88 Å². The van der Waals surface area contributed by atoms with E-state index in [1.54, 1.807) is 30.9 Å². The number of carbonyl (C=O) groups excluding carboxylic acids is 3. The summed E-state index contributed by atoms with van der Waals surface area (Å²) in [5.41, 5.74) is 1.51. The standard InChI is InChI=1S/C20H23N3O5S/c1-3-28-19(27)17-12(2)21-20(29-17)22-18(26)14-10-16(25)23(11-14)9-8-13-4-6-15(24)7-5-13/h4-7,14,24H,3,8-11H2,1-2H3,(H,21,22,26). The van der Waals surface area contributed by atoms with Crippen LogP contribution in [0, 0.1) is 12.8 Å². The summed E-state index contributed by atoms with van der Waals surface area (Å²) in [4.78, 5) is 43.0. The van der Waals surface area contributed by atoms with Gasteiger partial charge >= 0.3 is 5.97 Å². The number of phenols is 1. The number of aromatic nitrogens is 1. The zero-order valence-electron chi connectivity index (χ0n) is 16.3. The van der Waals surface area contributed by atoms with Crippen molar-refractivity contribution in [1.29, 1.82) is 0 Å². The number of hydrogen-bond donors (Lipinski definition) is 2. The molecule has 0 bridgehead atoms. The molecule has 154 valence electrons. The van der Waals surface area contributed by atoms with E-state index < -0.39 is 11.9 Å². The highest BCUT2D eigenvalue weighted by molar-refractivity contribution is 7.17. The molecule has 1 aromatic heterocycles. The lowest BCUT2D eigenvalue weighted by atomic mass is 10.1. The van der Waals surface area contributed by atoms with E-state index >= 15 is 0 Å². The second-order valence-electron chi connectivity index (χ2n) is 6.80. The van der Waals surface area contributed by atoms with Crippen molar-refractivity contribution in [2.24, 2.45) is 5.92 Å². The molecule has 1 fully saturated rings. The number of nitrogens with one attached hydrogen (secondary N) is 1. The average molecular weight is 417 g/mol. The summed E-state index contributed by atoms with van der Waals surface area (Å²) >= 11 is 1.07. The second kappa shape index (κ2) is 9.04. The number of thiazole rings is 1. The van der Waals surface area contributed by atoms with Crippen LogP contribution in [-0.2, 0) is 20.7 Å². The van der Waals surface area contributed by atoms with E-state index in [4.69, 9.17) is 4.74 Å². The Morgan fingerprint density at radius 3 is 2.76 bits per heavy atom. The summed E-state index contributed by atoms with van der Waals surface area (Å²) < 4.78 is 4.98.